The van der Waals surface area contributed by atoms with Gasteiger partial charge in [0.1, 0.15) is 24.0 Å². The van der Waals surface area contributed by atoms with Crippen LogP contribution in [0.15, 0.2) is 48.7 Å². The smallest absolute Gasteiger partial charge is 0.272 e. The fourth-order valence-electron chi connectivity index (χ4n) is 4.75. The van der Waals surface area contributed by atoms with E-state index in [4.69, 9.17) is 17.3 Å². The molecule has 0 radical (unpaired) electrons. The number of hydrogen-bond donors (Lipinski definition) is 2. The van der Waals surface area contributed by atoms with Crippen LogP contribution in [0.4, 0.5) is 10.1 Å². The zero-order valence-electron chi connectivity index (χ0n) is 20.3. The van der Waals surface area contributed by atoms with Gasteiger partial charge in [0.25, 0.3) is 5.91 Å². The quantitative estimate of drug-likeness (QED) is 0.360. The Labute approximate surface area is 218 Å². The molecule has 0 unspecified atom stereocenters. The van der Waals surface area contributed by atoms with Crippen molar-refractivity contribution in [3.63, 3.8) is 0 Å². The van der Waals surface area contributed by atoms with Gasteiger partial charge in [0.2, 0.25) is 5.91 Å². The number of nitrogens with zero attached hydrogens (tertiary/aromatic N) is 4. The number of aldehydes is 1. The first kappa shape index (κ1) is 26.1. The van der Waals surface area contributed by atoms with Gasteiger partial charge in [0.15, 0.2) is 5.69 Å². The minimum Gasteiger partial charge on any atom is -0.398 e. The highest BCUT2D eigenvalue weighted by Crippen LogP contribution is 2.40. The number of likely N-dealkylation sites (tertiary alicyclic amines) is 1. The van der Waals surface area contributed by atoms with E-state index >= 15 is 0 Å². The maximum Gasteiger partial charge on any atom is 0.272 e. The largest absolute Gasteiger partial charge is 0.398 e. The number of hydrogen-bond acceptors (Lipinski definition) is 6. The van der Waals surface area contributed by atoms with Crippen LogP contribution in [-0.4, -0.2) is 56.9 Å². The number of benzene rings is 1. The minimum atomic E-state index is -1.83. The predicted octanol–water partition coefficient (Wildman–Crippen LogP) is 3.07. The third kappa shape index (κ3) is 5.27. The second kappa shape index (κ2) is 9.82. The van der Waals surface area contributed by atoms with Crippen molar-refractivity contribution in [2.75, 3.05) is 12.3 Å². The summed E-state index contributed by atoms with van der Waals surface area (Å²) in [5.74, 6) is -1.35. The normalized spacial score (nSPS) is 20.4. The molecule has 3 heterocycles. The van der Waals surface area contributed by atoms with Gasteiger partial charge in [-0.15, -0.1) is 0 Å². The molecule has 2 amide bonds. The molecule has 1 aromatic carbocycles. The summed E-state index contributed by atoms with van der Waals surface area (Å²) in [6, 6.07) is 11.3. The van der Waals surface area contributed by atoms with Gasteiger partial charge in [0, 0.05) is 29.9 Å². The number of alkyl halides is 1. The van der Waals surface area contributed by atoms with Crippen molar-refractivity contribution < 1.29 is 18.8 Å². The number of carbonyl (C=O) groups excluding carboxylic acids is 3. The summed E-state index contributed by atoms with van der Waals surface area (Å²) in [5.41, 5.74) is 4.43. The number of nitriles is 1. The topological polar surface area (TPSA) is 134 Å². The van der Waals surface area contributed by atoms with E-state index in [9.17, 15) is 24.0 Å². The molecule has 0 spiro atoms. The van der Waals surface area contributed by atoms with Crippen LogP contribution in [0.25, 0.3) is 5.52 Å². The van der Waals surface area contributed by atoms with Gasteiger partial charge in [-0.05, 0) is 62.2 Å². The summed E-state index contributed by atoms with van der Waals surface area (Å²) in [4.78, 5) is 40.3. The molecule has 3 N–H and O–H groups in total. The molecule has 3 aromatic rings. The highest BCUT2D eigenvalue weighted by molar-refractivity contribution is 6.30. The number of pyridine rings is 1. The molecule has 11 heteroatoms. The molecule has 3 atom stereocenters. The first-order chi connectivity index (χ1) is 17.5. The fraction of sp³-hybridized carbons (Fsp3) is 0.346. The van der Waals surface area contributed by atoms with Gasteiger partial charge in [0.05, 0.1) is 17.0 Å². The molecule has 2 aromatic heterocycles. The lowest BCUT2D eigenvalue weighted by molar-refractivity contribution is -0.134. The number of amides is 2. The number of carbonyl (C=O) groups is 3. The van der Waals surface area contributed by atoms with E-state index in [1.807, 2.05) is 0 Å². The van der Waals surface area contributed by atoms with Crippen LogP contribution >= 0.6 is 11.6 Å². The maximum absolute atomic E-state index is 14.8. The molecule has 192 valence electrons. The van der Waals surface area contributed by atoms with E-state index in [1.165, 1.54) is 23.3 Å². The number of anilines is 1. The third-order valence-electron chi connectivity index (χ3n) is 6.49. The lowest BCUT2D eigenvalue weighted by Gasteiger charge is -2.30. The Balaban J connectivity index is 1.65. The number of fused-ring (bicyclic) bond motifs is 1. The van der Waals surface area contributed by atoms with Crippen LogP contribution in [0, 0.1) is 11.3 Å². The Morgan fingerprint density at radius 3 is 2.78 bits per heavy atom. The Morgan fingerprint density at radius 1 is 1.38 bits per heavy atom. The van der Waals surface area contributed by atoms with Crippen LogP contribution in [0.5, 0.6) is 0 Å². The first-order valence-corrected chi connectivity index (χ1v) is 12.0. The molecule has 1 fully saturated rings. The Bertz CT molecular complexity index is 1380. The van der Waals surface area contributed by atoms with E-state index in [1.54, 1.807) is 48.7 Å². The third-order valence-corrected chi connectivity index (χ3v) is 6.73. The van der Waals surface area contributed by atoms with Crippen LogP contribution in [0.1, 0.15) is 42.7 Å². The minimum absolute atomic E-state index is 0.0185. The molecule has 1 aliphatic heterocycles. The van der Waals surface area contributed by atoms with E-state index in [0.29, 0.717) is 28.1 Å². The average molecular weight is 525 g/mol. The predicted molar refractivity (Wildman–Crippen MR) is 136 cm³/mol. The van der Waals surface area contributed by atoms with Gasteiger partial charge in [-0.1, -0.05) is 17.7 Å². The monoisotopic (exact) mass is 524 g/mol. The average Bonchev–Trinajstić information content (AvgIpc) is 3.46. The zero-order chi connectivity index (χ0) is 27.0. The van der Waals surface area contributed by atoms with Gasteiger partial charge in [-0.3, -0.25) is 9.59 Å². The maximum atomic E-state index is 14.8. The van der Waals surface area contributed by atoms with Crippen molar-refractivity contribution in [3.8, 4) is 6.07 Å². The molecule has 0 aliphatic carbocycles. The van der Waals surface area contributed by atoms with E-state index in [-0.39, 0.29) is 25.1 Å². The van der Waals surface area contributed by atoms with E-state index < -0.39 is 35.0 Å². The summed E-state index contributed by atoms with van der Waals surface area (Å²) >= 11 is 6.14. The molecule has 1 aliphatic rings. The van der Waals surface area contributed by atoms with Crippen LogP contribution in [0.2, 0.25) is 5.02 Å². The summed E-state index contributed by atoms with van der Waals surface area (Å²) in [6.07, 6.45) is 1.96. The van der Waals surface area contributed by atoms with Gasteiger partial charge in [-0.2, -0.15) is 10.4 Å². The van der Waals surface area contributed by atoms with E-state index in [2.05, 4.69) is 16.5 Å². The Hall–Kier alpha value is -3.97. The van der Waals surface area contributed by atoms with Crippen molar-refractivity contribution >= 4 is 40.9 Å². The van der Waals surface area contributed by atoms with Crippen molar-refractivity contribution in [3.05, 3.63) is 64.9 Å². The number of aromatic nitrogens is 2. The van der Waals surface area contributed by atoms with Crippen molar-refractivity contribution in [2.24, 2.45) is 0 Å². The molecule has 0 bridgehead atoms. The lowest BCUT2D eigenvalue weighted by Crippen LogP contribution is -2.52. The van der Waals surface area contributed by atoms with Gasteiger partial charge < -0.3 is 20.7 Å². The molecule has 0 saturated carbocycles. The lowest BCUT2D eigenvalue weighted by atomic mass is 9.79. The molecule has 4 rings (SSSR count). The number of rotatable bonds is 7. The number of nitrogen functional groups attached to an aromatic ring is 1. The number of halogens is 2. The summed E-state index contributed by atoms with van der Waals surface area (Å²) < 4.78 is 16.3. The second-order valence-corrected chi connectivity index (χ2v) is 10.3. The van der Waals surface area contributed by atoms with Gasteiger partial charge >= 0.3 is 0 Å². The summed E-state index contributed by atoms with van der Waals surface area (Å²) in [6.45, 7) is 2.41. The van der Waals surface area contributed by atoms with Crippen molar-refractivity contribution in [1.82, 2.24) is 19.8 Å². The van der Waals surface area contributed by atoms with Crippen LogP contribution in [-0.2, 0) is 15.0 Å². The molecular formula is C26H26ClFN6O3. The standard InChI is InChI=1S/C26H26ClFN6O3/c1-25(2,28)12-22(31-23(36)21-10-17-5-3-4-8-34(17)32-21)24(37)33-14-26(15-35,11-18(33)13-29)19-9-16(27)6-7-20(19)30/h3-10,15,18,22H,11-12,14,30H2,1-2H3,(H,31,36)/t18-,22-,26+/m0/s1. The Kier molecular flexibility index (Phi) is 6.93. The van der Waals surface area contributed by atoms with Crippen LogP contribution in [0.3, 0.4) is 0 Å². The Morgan fingerprint density at radius 2 is 2.14 bits per heavy atom. The van der Waals surface area contributed by atoms with E-state index in [0.717, 1.165) is 0 Å². The number of nitrogens with two attached hydrogens (primary N) is 1. The molecular weight excluding hydrogens is 499 g/mol. The highest BCUT2D eigenvalue weighted by Gasteiger charge is 2.50. The second-order valence-electron chi connectivity index (χ2n) is 9.87. The molecule has 37 heavy (non-hydrogen) atoms. The number of nitrogens with one attached hydrogen (secondary N) is 1. The van der Waals surface area contributed by atoms with Gasteiger partial charge in [-0.25, -0.2) is 8.91 Å². The zero-order valence-corrected chi connectivity index (χ0v) is 21.1. The summed E-state index contributed by atoms with van der Waals surface area (Å²) in [7, 11) is 0. The SMILES string of the molecule is CC(C)(F)C[C@H](NC(=O)c1cc2ccccn2n1)C(=O)N1C[C@](C=O)(c2cc(Cl)ccc2N)C[C@H]1C#N. The van der Waals surface area contributed by atoms with Crippen LogP contribution < -0.4 is 11.1 Å². The molecule has 1 saturated heterocycles. The van der Waals surface area contributed by atoms with Crippen molar-refractivity contribution in [1.29, 1.82) is 5.26 Å². The summed E-state index contributed by atoms with van der Waals surface area (Å²) in [5, 5.41) is 17.0. The first-order valence-electron chi connectivity index (χ1n) is 11.6. The highest BCUT2D eigenvalue weighted by atomic mass is 35.5. The van der Waals surface area contributed by atoms with Crippen molar-refractivity contribution in [2.45, 2.75) is 49.9 Å². The molecule has 9 nitrogen and oxygen atoms in total. The fourth-order valence-corrected chi connectivity index (χ4v) is 4.92.